The zero-order valence-corrected chi connectivity index (χ0v) is 21.6. The van der Waals surface area contributed by atoms with Gasteiger partial charge >= 0.3 is 0 Å². The van der Waals surface area contributed by atoms with E-state index in [0.29, 0.717) is 13.2 Å². The van der Waals surface area contributed by atoms with E-state index in [1.54, 1.807) is 5.56 Å². The highest BCUT2D eigenvalue weighted by Crippen LogP contribution is 2.61. The SMILES string of the molecule is Cc1cc(OCC2(C)COC2)cc(C)c1-c1cccc(COc2ccc3c(c2)C[C@H]2[C@H](C)[C@@H]32)c1C. The Labute approximate surface area is 209 Å². The zero-order chi connectivity index (χ0) is 24.3. The lowest BCUT2D eigenvalue weighted by Crippen LogP contribution is -2.44. The lowest BCUT2D eigenvalue weighted by molar-refractivity contribution is -0.120. The number of benzene rings is 3. The normalized spacial score (nSPS) is 23.3. The lowest BCUT2D eigenvalue weighted by Gasteiger charge is -2.37. The molecule has 0 N–H and O–H groups in total. The summed E-state index contributed by atoms with van der Waals surface area (Å²) in [4.78, 5) is 0. The predicted octanol–water partition coefficient (Wildman–Crippen LogP) is 7.18. The topological polar surface area (TPSA) is 27.7 Å². The molecule has 3 aliphatic rings. The first kappa shape index (κ1) is 22.7. The van der Waals surface area contributed by atoms with Gasteiger partial charge in [-0.3, -0.25) is 0 Å². The minimum absolute atomic E-state index is 0.142. The molecule has 3 atom stereocenters. The van der Waals surface area contributed by atoms with Crippen molar-refractivity contribution in [2.45, 2.75) is 53.6 Å². The largest absolute Gasteiger partial charge is 0.493 e. The van der Waals surface area contributed by atoms with Gasteiger partial charge in [0.1, 0.15) is 18.1 Å². The molecule has 0 amide bonds. The molecule has 0 aromatic heterocycles. The van der Waals surface area contributed by atoms with Gasteiger partial charge in [-0.2, -0.15) is 0 Å². The Morgan fingerprint density at radius 2 is 1.71 bits per heavy atom. The van der Waals surface area contributed by atoms with Crippen LogP contribution in [0.5, 0.6) is 11.5 Å². The third-order valence-electron chi connectivity index (χ3n) is 8.60. The maximum absolute atomic E-state index is 6.30. The predicted molar refractivity (Wildman–Crippen MR) is 140 cm³/mol. The van der Waals surface area contributed by atoms with Gasteiger partial charge in [-0.05, 0) is 114 Å². The summed E-state index contributed by atoms with van der Waals surface area (Å²) in [6.07, 6.45) is 1.22. The minimum Gasteiger partial charge on any atom is -0.493 e. The molecule has 3 aromatic rings. The van der Waals surface area contributed by atoms with Crippen molar-refractivity contribution in [3.05, 3.63) is 81.9 Å². The Hall–Kier alpha value is -2.78. The molecular weight excluding hydrogens is 432 g/mol. The van der Waals surface area contributed by atoms with Gasteiger partial charge in [0.2, 0.25) is 0 Å². The number of hydrogen-bond acceptors (Lipinski definition) is 3. The van der Waals surface area contributed by atoms with Crippen LogP contribution in [0.4, 0.5) is 0 Å². The summed E-state index contributed by atoms with van der Waals surface area (Å²) < 4.78 is 17.8. The highest BCUT2D eigenvalue weighted by atomic mass is 16.5. The summed E-state index contributed by atoms with van der Waals surface area (Å²) in [5.41, 5.74) is 10.7. The molecule has 1 heterocycles. The lowest BCUT2D eigenvalue weighted by atomic mass is 9.89. The Bertz CT molecular complexity index is 1260. The zero-order valence-electron chi connectivity index (χ0n) is 21.6. The van der Waals surface area contributed by atoms with Crippen molar-refractivity contribution in [1.29, 1.82) is 0 Å². The highest BCUT2D eigenvalue weighted by molar-refractivity contribution is 5.75. The number of hydrogen-bond donors (Lipinski definition) is 0. The monoisotopic (exact) mass is 468 g/mol. The van der Waals surface area contributed by atoms with Gasteiger partial charge in [0.15, 0.2) is 0 Å². The van der Waals surface area contributed by atoms with Crippen LogP contribution in [0.1, 0.15) is 53.1 Å². The van der Waals surface area contributed by atoms with Gasteiger partial charge in [-0.1, -0.05) is 38.1 Å². The van der Waals surface area contributed by atoms with Crippen LogP contribution in [-0.2, 0) is 17.8 Å². The van der Waals surface area contributed by atoms with Crippen molar-refractivity contribution in [3.63, 3.8) is 0 Å². The maximum Gasteiger partial charge on any atom is 0.120 e. The molecule has 0 bridgehead atoms. The number of ether oxygens (including phenoxy) is 3. The second-order valence-corrected chi connectivity index (χ2v) is 11.5. The average Bonchev–Trinajstić information content (AvgIpc) is 3.26. The van der Waals surface area contributed by atoms with Gasteiger partial charge in [0.25, 0.3) is 0 Å². The van der Waals surface area contributed by atoms with Crippen molar-refractivity contribution in [3.8, 4) is 22.6 Å². The van der Waals surface area contributed by atoms with E-state index >= 15 is 0 Å². The fraction of sp³-hybridized carbons (Fsp3) is 0.438. The average molecular weight is 469 g/mol. The van der Waals surface area contributed by atoms with Crippen LogP contribution in [0, 0.1) is 38.0 Å². The first-order chi connectivity index (χ1) is 16.8. The smallest absolute Gasteiger partial charge is 0.120 e. The molecule has 0 unspecified atom stereocenters. The van der Waals surface area contributed by atoms with Crippen molar-refractivity contribution in [2.75, 3.05) is 19.8 Å². The van der Waals surface area contributed by atoms with Crippen LogP contribution >= 0.6 is 0 Å². The van der Waals surface area contributed by atoms with Gasteiger partial charge in [-0.25, -0.2) is 0 Å². The van der Waals surface area contributed by atoms with E-state index in [9.17, 15) is 0 Å². The van der Waals surface area contributed by atoms with Crippen LogP contribution in [0.15, 0.2) is 48.5 Å². The molecule has 2 aliphatic carbocycles. The quantitative estimate of drug-likeness (QED) is 0.368. The van der Waals surface area contributed by atoms with E-state index in [1.807, 2.05) is 0 Å². The molecule has 2 fully saturated rings. The van der Waals surface area contributed by atoms with Crippen molar-refractivity contribution >= 4 is 0 Å². The van der Waals surface area contributed by atoms with Crippen LogP contribution in [0.3, 0.4) is 0 Å². The van der Waals surface area contributed by atoms with E-state index in [2.05, 4.69) is 83.1 Å². The molecule has 6 rings (SSSR count). The molecule has 0 spiro atoms. The summed E-state index contributed by atoms with van der Waals surface area (Å²) in [5, 5.41) is 0. The van der Waals surface area contributed by atoms with Gasteiger partial charge in [-0.15, -0.1) is 0 Å². The molecule has 0 radical (unpaired) electrons. The summed E-state index contributed by atoms with van der Waals surface area (Å²) in [5.74, 6) is 4.47. The van der Waals surface area contributed by atoms with Crippen LogP contribution in [0.25, 0.3) is 11.1 Å². The van der Waals surface area contributed by atoms with Crippen LogP contribution < -0.4 is 9.47 Å². The second-order valence-electron chi connectivity index (χ2n) is 11.5. The molecular formula is C32H36O3. The maximum atomic E-state index is 6.30. The number of fused-ring (bicyclic) bond motifs is 3. The van der Waals surface area contributed by atoms with Gasteiger partial charge < -0.3 is 14.2 Å². The summed E-state index contributed by atoms with van der Waals surface area (Å²) in [6, 6.07) is 17.6. The van der Waals surface area contributed by atoms with E-state index < -0.39 is 0 Å². The van der Waals surface area contributed by atoms with E-state index in [0.717, 1.165) is 42.5 Å². The molecule has 182 valence electrons. The Morgan fingerprint density at radius 1 is 0.943 bits per heavy atom. The van der Waals surface area contributed by atoms with Crippen LogP contribution in [-0.4, -0.2) is 19.8 Å². The molecule has 3 aromatic carbocycles. The van der Waals surface area contributed by atoms with Gasteiger partial charge in [0.05, 0.1) is 19.8 Å². The summed E-state index contributed by atoms with van der Waals surface area (Å²) in [6.45, 7) is 14.0. The Balaban J connectivity index is 1.19. The summed E-state index contributed by atoms with van der Waals surface area (Å²) >= 11 is 0. The Morgan fingerprint density at radius 3 is 2.43 bits per heavy atom. The Kier molecular flexibility index (Phi) is 5.45. The second kappa shape index (κ2) is 8.41. The van der Waals surface area contributed by atoms with E-state index in [1.165, 1.54) is 45.4 Å². The third-order valence-corrected chi connectivity index (χ3v) is 8.60. The molecule has 1 saturated heterocycles. The van der Waals surface area contributed by atoms with Gasteiger partial charge in [0, 0.05) is 5.41 Å². The first-order valence-corrected chi connectivity index (χ1v) is 13.0. The molecule has 35 heavy (non-hydrogen) atoms. The third kappa shape index (κ3) is 4.04. The number of rotatable bonds is 7. The van der Waals surface area contributed by atoms with Crippen molar-refractivity contribution in [2.24, 2.45) is 17.3 Å². The standard InChI is InChI=1S/C32H36O3/c1-19-11-26(35-18-32(5)16-33-17-32)12-20(2)30(19)27-8-6-7-23(21(27)3)15-34-25-9-10-28-24(13-25)14-29-22(4)31(28)29/h6-13,22,29,31H,14-18H2,1-5H3/t22-,29-,31-/m0/s1. The first-order valence-electron chi connectivity index (χ1n) is 13.0. The van der Waals surface area contributed by atoms with E-state index in [4.69, 9.17) is 14.2 Å². The van der Waals surface area contributed by atoms with Crippen molar-refractivity contribution in [1.82, 2.24) is 0 Å². The van der Waals surface area contributed by atoms with Crippen molar-refractivity contribution < 1.29 is 14.2 Å². The molecule has 1 aliphatic heterocycles. The molecule has 3 heteroatoms. The highest BCUT2D eigenvalue weighted by Gasteiger charge is 2.52. The fourth-order valence-electron chi connectivity index (χ4n) is 6.30. The van der Waals surface area contributed by atoms with E-state index in [-0.39, 0.29) is 5.41 Å². The molecule has 1 saturated carbocycles. The number of aryl methyl sites for hydroxylation is 2. The minimum atomic E-state index is 0.142. The van der Waals surface area contributed by atoms with Crippen LogP contribution in [0.2, 0.25) is 0 Å². The summed E-state index contributed by atoms with van der Waals surface area (Å²) in [7, 11) is 0. The fourth-order valence-corrected chi connectivity index (χ4v) is 6.30. The molecule has 3 nitrogen and oxygen atoms in total.